The van der Waals surface area contributed by atoms with Crippen molar-refractivity contribution in [3.05, 3.63) is 93.5 Å². The SMILES string of the molecule is Cc1ccccc1C(=O)Nc1ccc(C(=O)N2CCCC(OCOC(=O)OCCC(=O)O)c3cc(Cl)ccc32)c(C)c1. The van der Waals surface area contributed by atoms with Crippen LogP contribution < -0.4 is 10.2 Å². The Balaban J connectivity index is 1.47. The van der Waals surface area contributed by atoms with Crippen molar-refractivity contribution in [2.75, 3.05) is 30.2 Å². The van der Waals surface area contributed by atoms with Crippen LogP contribution in [0.5, 0.6) is 0 Å². The number of halogens is 1. The highest BCUT2D eigenvalue weighted by atomic mass is 35.5. The molecule has 0 radical (unpaired) electrons. The largest absolute Gasteiger partial charge is 0.510 e. The third kappa shape index (κ3) is 7.65. The van der Waals surface area contributed by atoms with Gasteiger partial charge in [-0.3, -0.25) is 14.4 Å². The number of amides is 2. The van der Waals surface area contributed by atoms with E-state index in [2.05, 4.69) is 5.32 Å². The highest BCUT2D eigenvalue weighted by Crippen LogP contribution is 2.38. The summed E-state index contributed by atoms with van der Waals surface area (Å²) in [6, 6.07) is 17.6. The van der Waals surface area contributed by atoms with Crippen molar-refractivity contribution in [3.63, 3.8) is 0 Å². The van der Waals surface area contributed by atoms with Crippen molar-refractivity contribution in [1.29, 1.82) is 0 Å². The number of hydrogen-bond acceptors (Lipinski definition) is 7. The summed E-state index contributed by atoms with van der Waals surface area (Å²) in [5, 5.41) is 12.0. The molecule has 4 rings (SSSR count). The molecule has 10 nitrogen and oxygen atoms in total. The van der Waals surface area contributed by atoms with Gasteiger partial charge in [-0.25, -0.2) is 4.79 Å². The lowest BCUT2D eigenvalue weighted by molar-refractivity contribution is -0.138. The van der Waals surface area contributed by atoms with Gasteiger partial charge in [0.2, 0.25) is 0 Å². The number of carboxylic acid groups (broad SMARTS) is 1. The lowest BCUT2D eigenvalue weighted by Crippen LogP contribution is -2.32. The molecule has 3 aromatic rings. The standard InChI is InChI=1S/C31H31ClN2O8/c1-19-6-3-4-7-23(19)29(37)33-22-10-11-24(20(2)16-22)30(38)34-14-5-8-27(25-17-21(32)9-12-26(25)34)41-18-42-31(39)40-15-13-28(35)36/h3-4,6-7,9-12,16-17,27H,5,8,13-15,18H2,1-2H3,(H,33,37)(H,35,36). The molecule has 1 heterocycles. The first-order chi connectivity index (χ1) is 20.1. The molecule has 2 N–H and O–H groups in total. The lowest BCUT2D eigenvalue weighted by atomic mass is 10.0. The fraction of sp³-hybridized carbons (Fsp3) is 0.290. The third-order valence-corrected chi connectivity index (χ3v) is 7.04. The van der Waals surface area contributed by atoms with E-state index in [9.17, 15) is 19.2 Å². The summed E-state index contributed by atoms with van der Waals surface area (Å²) in [7, 11) is 0. The molecule has 220 valence electrons. The summed E-state index contributed by atoms with van der Waals surface area (Å²) in [5.41, 5.74) is 4.48. The zero-order valence-corrected chi connectivity index (χ0v) is 24.0. The molecule has 0 saturated heterocycles. The molecule has 1 aliphatic heterocycles. The number of anilines is 2. The average Bonchev–Trinajstić information content (AvgIpc) is 3.12. The van der Waals surface area contributed by atoms with Crippen molar-refractivity contribution >= 4 is 46.9 Å². The Bertz CT molecular complexity index is 1490. The van der Waals surface area contributed by atoms with E-state index in [4.69, 9.17) is 30.9 Å². The van der Waals surface area contributed by atoms with Crippen LogP contribution in [-0.4, -0.2) is 49.0 Å². The maximum absolute atomic E-state index is 13.8. The Hall–Kier alpha value is -4.41. The molecule has 3 aromatic carbocycles. The topological polar surface area (TPSA) is 131 Å². The number of fused-ring (bicyclic) bond motifs is 1. The smallest absolute Gasteiger partial charge is 0.481 e. The van der Waals surface area contributed by atoms with Crippen LogP contribution in [0.3, 0.4) is 0 Å². The van der Waals surface area contributed by atoms with Gasteiger partial charge in [0.25, 0.3) is 11.8 Å². The lowest BCUT2D eigenvalue weighted by Gasteiger charge is -2.25. The number of aliphatic carboxylic acids is 1. The fourth-order valence-electron chi connectivity index (χ4n) is 4.70. The first kappa shape index (κ1) is 30.5. The molecule has 1 aliphatic rings. The van der Waals surface area contributed by atoms with E-state index in [0.29, 0.717) is 58.0 Å². The summed E-state index contributed by atoms with van der Waals surface area (Å²) in [6.45, 7) is 3.36. The minimum atomic E-state index is -1.10. The molecule has 0 fully saturated rings. The number of aryl methyl sites for hydroxylation is 2. The zero-order chi connectivity index (χ0) is 30.2. The summed E-state index contributed by atoms with van der Waals surface area (Å²) >= 11 is 6.30. The second-order valence-electron chi connectivity index (χ2n) is 9.76. The minimum Gasteiger partial charge on any atom is -0.481 e. The first-order valence-corrected chi connectivity index (χ1v) is 13.7. The average molecular weight is 595 g/mol. The van der Waals surface area contributed by atoms with Gasteiger partial charge in [-0.1, -0.05) is 29.8 Å². The summed E-state index contributed by atoms with van der Waals surface area (Å²) in [5.74, 6) is -1.54. The number of nitrogens with zero attached hydrogens (tertiary/aromatic N) is 1. The van der Waals surface area contributed by atoms with Crippen molar-refractivity contribution in [2.45, 2.75) is 39.2 Å². The van der Waals surface area contributed by atoms with Gasteiger partial charge in [0, 0.05) is 39.6 Å². The van der Waals surface area contributed by atoms with Gasteiger partial charge in [-0.05, 0) is 80.3 Å². The molecule has 11 heteroatoms. The zero-order valence-electron chi connectivity index (χ0n) is 23.2. The third-order valence-electron chi connectivity index (χ3n) is 6.81. The van der Waals surface area contributed by atoms with Gasteiger partial charge in [-0.2, -0.15) is 0 Å². The Morgan fingerprint density at radius 2 is 1.76 bits per heavy atom. The van der Waals surface area contributed by atoms with Crippen LogP contribution in [0.15, 0.2) is 60.7 Å². The first-order valence-electron chi connectivity index (χ1n) is 13.4. The summed E-state index contributed by atoms with van der Waals surface area (Å²) < 4.78 is 15.4. The molecular weight excluding hydrogens is 564 g/mol. The number of carbonyl (C=O) groups excluding carboxylic acids is 3. The molecule has 0 bridgehead atoms. The Morgan fingerprint density at radius 3 is 2.50 bits per heavy atom. The van der Waals surface area contributed by atoms with E-state index < -0.39 is 25.0 Å². The Morgan fingerprint density at radius 1 is 0.976 bits per heavy atom. The predicted molar refractivity (Wildman–Crippen MR) is 156 cm³/mol. The van der Waals surface area contributed by atoms with Gasteiger partial charge >= 0.3 is 12.1 Å². The van der Waals surface area contributed by atoms with E-state index in [-0.39, 0.29) is 24.8 Å². The minimum absolute atomic E-state index is 0.216. The van der Waals surface area contributed by atoms with Crippen LogP contribution in [0, 0.1) is 13.8 Å². The highest BCUT2D eigenvalue weighted by Gasteiger charge is 2.29. The second-order valence-corrected chi connectivity index (χ2v) is 10.2. The molecule has 1 atom stereocenters. The van der Waals surface area contributed by atoms with Crippen LogP contribution in [0.1, 0.15) is 62.8 Å². The second kappa shape index (κ2) is 14.0. The fourth-order valence-corrected chi connectivity index (χ4v) is 4.88. The van der Waals surface area contributed by atoms with E-state index in [1.165, 1.54) is 0 Å². The molecule has 0 saturated carbocycles. The van der Waals surface area contributed by atoms with Gasteiger partial charge in [0.15, 0.2) is 6.79 Å². The van der Waals surface area contributed by atoms with Crippen LogP contribution in [0.25, 0.3) is 0 Å². The van der Waals surface area contributed by atoms with E-state index >= 15 is 0 Å². The van der Waals surface area contributed by atoms with Crippen molar-refractivity contribution in [2.24, 2.45) is 0 Å². The quantitative estimate of drug-likeness (QED) is 0.218. The van der Waals surface area contributed by atoms with Gasteiger partial charge in [0.1, 0.15) is 6.61 Å². The number of nitrogens with one attached hydrogen (secondary N) is 1. The predicted octanol–water partition coefficient (Wildman–Crippen LogP) is 6.29. The van der Waals surface area contributed by atoms with Gasteiger partial charge in [-0.15, -0.1) is 0 Å². The summed E-state index contributed by atoms with van der Waals surface area (Å²) in [4.78, 5) is 50.5. The number of carboxylic acids is 1. The number of benzene rings is 3. The maximum Gasteiger partial charge on any atom is 0.510 e. The van der Waals surface area contributed by atoms with E-state index in [0.717, 1.165) is 5.56 Å². The van der Waals surface area contributed by atoms with Crippen molar-refractivity contribution < 1.29 is 38.5 Å². The molecule has 2 amide bonds. The van der Waals surface area contributed by atoms with Crippen LogP contribution >= 0.6 is 11.6 Å². The van der Waals surface area contributed by atoms with Gasteiger partial charge < -0.3 is 29.5 Å². The van der Waals surface area contributed by atoms with Crippen molar-refractivity contribution in [1.82, 2.24) is 0 Å². The highest BCUT2D eigenvalue weighted by molar-refractivity contribution is 6.30. The van der Waals surface area contributed by atoms with E-state index in [1.54, 1.807) is 47.4 Å². The molecule has 0 aliphatic carbocycles. The Kier molecular flexibility index (Phi) is 10.2. The summed E-state index contributed by atoms with van der Waals surface area (Å²) in [6.07, 6.45) is -0.781. The Labute approximate surface area is 248 Å². The van der Waals surface area contributed by atoms with Crippen LogP contribution in [-0.2, 0) is 19.0 Å². The van der Waals surface area contributed by atoms with Gasteiger partial charge in [0.05, 0.1) is 12.5 Å². The van der Waals surface area contributed by atoms with Crippen molar-refractivity contribution in [3.8, 4) is 0 Å². The monoisotopic (exact) mass is 594 g/mol. The van der Waals surface area contributed by atoms with Crippen LogP contribution in [0.4, 0.5) is 16.2 Å². The number of hydrogen-bond donors (Lipinski definition) is 2. The normalized spacial score (nSPS) is 14.4. The maximum atomic E-state index is 13.8. The number of carbonyl (C=O) groups is 4. The molecular formula is C31H31ClN2O8. The molecule has 42 heavy (non-hydrogen) atoms. The van der Waals surface area contributed by atoms with Crippen LogP contribution in [0.2, 0.25) is 5.02 Å². The van der Waals surface area contributed by atoms with E-state index in [1.807, 2.05) is 32.0 Å². The molecule has 1 unspecified atom stereocenters. The molecule has 0 aromatic heterocycles. The molecule has 0 spiro atoms. The number of rotatable bonds is 9. The number of ether oxygens (including phenoxy) is 3.